The Bertz CT molecular complexity index is 821. The molecule has 1 heterocycles. The Hall–Kier alpha value is -2.70. The van der Waals surface area contributed by atoms with E-state index in [4.69, 9.17) is 23.2 Å². The fourth-order valence-corrected chi connectivity index (χ4v) is 2.37. The van der Waals surface area contributed by atoms with Crippen molar-refractivity contribution in [3.8, 4) is 11.5 Å². The Balaban J connectivity index is 1.92. The lowest BCUT2D eigenvalue weighted by atomic mass is 10.3. The van der Waals surface area contributed by atoms with Gasteiger partial charge in [0.15, 0.2) is 11.6 Å². The van der Waals surface area contributed by atoms with Crippen LogP contribution in [0.4, 0.5) is 23.0 Å². The second-order valence-electron chi connectivity index (χ2n) is 4.85. The molecular weight excluding hydrogens is 351 g/mol. The van der Waals surface area contributed by atoms with Crippen molar-refractivity contribution in [2.75, 3.05) is 10.6 Å². The minimum absolute atomic E-state index is 0.00953. The maximum absolute atomic E-state index is 9.52. The van der Waals surface area contributed by atoms with Crippen LogP contribution in [0, 0.1) is 0 Å². The van der Waals surface area contributed by atoms with Crippen molar-refractivity contribution in [1.29, 1.82) is 0 Å². The van der Waals surface area contributed by atoms with Crippen LogP contribution in [0.25, 0.3) is 0 Å². The van der Waals surface area contributed by atoms with E-state index in [2.05, 4.69) is 20.6 Å². The maximum Gasteiger partial charge on any atom is 0.226 e. The number of anilines is 4. The van der Waals surface area contributed by atoms with Gasteiger partial charge in [-0.2, -0.15) is 9.97 Å². The molecule has 2 aromatic carbocycles. The summed E-state index contributed by atoms with van der Waals surface area (Å²) in [7, 11) is 0. The van der Waals surface area contributed by atoms with E-state index in [-0.39, 0.29) is 33.4 Å². The van der Waals surface area contributed by atoms with Crippen LogP contribution in [-0.4, -0.2) is 20.2 Å². The molecule has 0 saturated carbocycles. The zero-order valence-corrected chi connectivity index (χ0v) is 13.7. The number of phenolic OH excluding ortho intramolecular Hbond substituents is 2. The van der Waals surface area contributed by atoms with Crippen molar-refractivity contribution >= 4 is 46.2 Å². The van der Waals surface area contributed by atoms with Crippen LogP contribution in [0.5, 0.6) is 11.5 Å². The lowest BCUT2D eigenvalue weighted by Gasteiger charge is -2.12. The number of nitrogens with zero attached hydrogens (tertiary/aromatic N) is 2. The molecule has 0 aliphatic carbocycles. The molecule has 1 aromatic heterocycles. The van der Waals surface area contributed by atoms with E-state index < -0.39 is 0 Å². The van der Waals surface area contributed by atoms with Gasteiger partial charge in [0, 0.05) is 23.5 Å². The van der Waals surface area contributed by atoms with Gasteiger partial charge in [-0.15, -0.1) is 0 Å². The predicted octanol–water partition coefficient (Wildman–Crippen LogP) is 4.68. The van der Waals surface area contributed by atoms with Gasteiger partial charge in [-0.25, -0.2) is 0 Å². The molecular formula is C16H12Cl2N4O2. The lowest BCUT2D eigenvalue weighted by molar-refractivity contribution is 0.475. The molecule has 0 aliphatic rings. The van der Waals surface area contributed by atoms with Crippen LogP contribution < -0.4 is 10.6 Å². The quantitative estimate of drug-likeness (QED) is 0.503. The molecule has 0 bridgehead atoms. The zero-order valence-electron chi connectivity index (χ0n) is 12.2. The number of rotatable bonds is 4. The van der Waals surface area contributed by atoms with Crippen molar-refractivity contribution < 1.29 is 10.2 Å². The molecule has 0 aliphatic heterocycles. The number of hydrogen-bond donors (Lipinski definition) is 4. The summed E-state index contributed by atoms with van der Waals surface area (Å²) in [6.45, 7) is 0. The molecule has 0 amide bonds. The normalized spacial score (nSPS) is 10.4. The van der Waals surface area contributed by atoms with Crippen molar-refractivity contribution in [3.63, 3.8) is 0 Å². The number of hydrogen-bond acceptors (Lipinski definition) is 6. The first-order valence-corrected chi connectivity index (χ1v) is 7.62. The Labute approximate surface area is 147 Å². The van der Waals surface area contributed by atoms with E-state index >= 15 is 0 Å². The van der Waals surface area contributed by atoms with E-state index in [9.17, 15) is 10.2 Å². The summed E-state index contributed by atoms with van der Waals surface area (Å²) in [6, 6.07) is 13.0. The summed E-state index contributed by atoms with van der Waals surface area (Å²) in [5.74, 6) is 0.776. The van der Waals surface area contributed by atoms with Gasteiger partial charge in [-0.3, -0.25) is 0 Å². The lowest BCUT2D eigenvalue weighted by Crippen LogP contribution is -2.01. The summed E-state index contributed by atoms with van der Waals surface area (Å²) in [6.07, 6.45) is 0. The molecule has 0 fully saturated rings. The molecule has 122 valence electrons. The molecule has 24 heavy (non-hydrogen) atoms. The van der Waals surface area contributed by atoms with Crippen LogP contribution in [0.2, 0.25) is 10.3 Å². The average molecular weight is 363 g/mol. The molecule has 8 heteroatoms. The molecule has 3 rings (SSSR count). The smallest absolute Gasteiger partial charge is 0.226 e. The Morgan fingerprint density at radius 2 is 1.21 bits per heavy atom. The number of benzene rings is 2. The topological polar surface area (TPSA) is 90.3 Å². The Morgan fingerprint density at radius 3 is 1.62 bits per heavy atom. The van der Waals surface area contributed by atoms with Gasteiger partial charge in [0.2, 0.25) is 5.28 Å². The minimum atomic E-state index is -0.00953. The van der Waals surface area contributed by atoms with Crippen LogP contribution in [0.1, 0.15) is 0 Å². The summed E-state index contributed by atoms with van der Waals surface area (Å²) < 4.78 is 0. The highest BCUT2D eigenvalue weighted by atomic mass is 35.5. The van der Waals surface area contributed by atoms with Crippen LogP contribution in [0.3, 0.4) is 0 Å². The van der Waals surface area contributed by atoms with E-state index in [0.29, 0.717) is 11.4 Å². The van der Waals surface area contributed by atoms with E-state index in [0.717, 1.165) is 0 Å². The molecule has 3 aromatic rings. The first-order chi connectivity index (χ1) is 11.5. The fourth-order valence-electron chi connectivity index (χ4n) is 2.03. The van der Waals surface area contributed by atoms with Gasteiger partial charge < -0.3 is 20.8 Å². The van der Waals surface area contributed by atoms with Crippen LogP contribution in [-0.2, 0) is 0 Å². The van der Waals surface area contributed by atoms with E-state index in [1.54, 1.807) is 36.4 Å². The third-order valence-electron chi connectivity index (χ3n) is 3.04. The first kappa shape index (κ1) is 16.2. The molecule has 0 atom stereocenters. The summed E-state index contributed by atoms with van der Waals surface area (Å²) >= 11 is 12.3. The molecule has 0 saturated heterocycles. The molecule has 0 unspecified atom stereocenters. The molecule has 4 N–H and O–H groups in total. The van der Waals surface area contributed by atoms with Gasteiger partial charge in [0.05, 0.1) is 0 Å². The van der Waals surface area contributed by atoms with E-state index in [1.165, 1.54) is 12.1 Å². The first-order valence-electron chi connectivity index (χ1n) is 6.86. The number of aromatic nitrogens is 2. The Morgan fingerprint density at radius 1 is 0.750 bits per heavy atom. The highest BCUT2D eigenvalue weighted by Crippen LogP contribution is 2.33. The number of phenols is 2. The summed E-state index contributed by atoms with van der Waals surface area (Å²) in [5.41, 5.74) is 1.19. The largest absolute Gasteiger partial charge is 0.508 e. The zero-order chi connectivity index (χ0) is 17.1. The van der Waals surface area contributed by atoms with Gasteiger partial charge in [0.1, 0.15) is 16.5 Å². The van der Waals surface area contributed by atoms with Crippen molar-refractivity contribution in [2.24, 2.45) is 0 Å². The van der Waals surface area contributed by atoms with Crippen LogP contribution in [0.15, 0.2) is 48.5 Å². The molecule has 6 nitrogen and oxygen atoms in total. The van der Waals surface area contributed by atoms with Crippen LogP contribution >= 0.6 is 23.2 Å². The van der Waals surface area contributed by atoms with Gasteiger partial charge >= 0.3 is 0 Å². The highest BCUT2D eigenvalue weighted by molar-refractivity contribution is 6.36. The van der Waals surface area contributed by atoms with E-state index in [1.807, 2.05) is 0 Å². The van der Waals surface area contributed by atoms with Gasteiger partial charge in [0.25, 0.3) is 0 Å². The monoisotopic (exact) mass is 362 g/mol. The Kier molecular flexibility index (Phi) is 4.59. The summed E-state index contributed by atoms with van der Waals surface area (Å²) in [5, 5.41) is 25.2. The second kappa shape index (κ2) is 6.82. The predicted molar refractivity (Wildman–Crippen MR) is 94.8 cm³/mol. The SMILES string of the molecule is Oc1cccc(Nc2nc(Cl)nc(Nc3cccc(O)c3)c2Cl)c1. The van der Waals surface area contributed by atoms with Crippen molar-refractivity contribution in [1.82, 2.24) is 9.97 Å². The molecule has 0 radical (unpaired) electrons. The minimum Gasteiger partial charge on any atom is -0.508 e. The standard InChI is InChI=1S/C16H12Cl2N4O2/c17-13-14(19-9-3-1-5-11(23)7-9)21-16(18)22-15(13)20-10-4-2-6-12(24)8-10/h1-8,23-24H,(H2,19,20,21,22). The number of aromatic hydroxyl groups is 2. The van der Waals surface area contributed by atoms with Gasteiger partial charge in [-0.1, -0.05) is 23.7 Å². The van der Waals surface area contributed by atoms with Crippen molar-refractivity contribution in [2.45, 2.75) is 0 Å². The average Bonchev–Trinajstić information content (AvgIpc) is 2.52. The molecule has 0 spiro atoms. The second-order valence-corrected chi connectivity index (χ2v) is 5.57. The summed E-state index contributed by atoms with van der Waals surface area (Å²) in [4.78, 5) is 8.12. The van der Waals surface area contributed by atoms with Crippen molar-refractivity contribution in [3.05, 3.63) is 58.8 Å². The third-order valence-corrected chi connectivity index (χ3v) is 3.57. The van der Waals surface area contributed by atoms with Gasteiger partial charge in [-0.05, 0) is 35.9 Å². The third kappa shape index (κ3) is 3.79. The highest BCUT2D eigenvalue weighted by Gasteiger charge is 2.13. The maximum atomic E-state index is 9.52. The number of nitrogens with one attached hydrogen (secondary N) is 2. The number of halogens is 2. The fraction of sp³-hybridized carbons (Fsp3) is 0.